The Kier molecular flexibility index (Phi) is 6.35. The Morgan fingerprint density at radius 3 is 2.40 bits per heavy atom. The highest BCUT2D eigenvalue weighted by Crippen LogP contribution is 2.18. The highest BCUT2D eigenvalue weighted by Gasteiger charge is 2.03. The molecule has 0 aliphatic heterocycles. The van der Waals surface area contributed by atoms with Gasteiger partial charge in [-0.25, -0.2) is 0 Å². The minimum Gasteiger partial charge on any atom is -0.314 e. The van der Waals surface area contributed by atoms with E-state index in [9.17, 15) is 0 Å². The first kappa shape index (κ1) is 17.4. The summed E-state index contributed by atoms with van der Waals surface area (Å²) < 4.78 is 0. The molecule has 130 valence electrons. The summed E-state index contributed by atoms with van der Waals surface area (Å²) in [7, 11) is 0. The Bertz CT molecular complexity index is 742. The Balaban J connectivity index is 0.00000243. The van der Waals surface area contributed by atoms with Crippen LogP contribution in [-0.4, -0.2) is 17.6 Å². The van der Waals surface area contributed by atoms with E-state index in [4.69, 9.17) is 0 Å². The first-order valence-electron chi connectivity index (χ1n) is 9.08. The third-order valence-electron chi connectivity index (χ3n) is 4.47. The van der Waals surface area contributed by atoms with E-state index in [1.807, 2.05) is 18.5 Å². The molecule has 0 aliphatic carbocycles. The van der Waals surface area contributed by atoms with E-state index >= 15 is 0 Å². The van der Waals surface area contributed by atoms with Crippen LogP contribution < -0.4 is 5.32 Å². The van der Waals surface area contributed by atoms with Crippen molar-refractivity contribution >= 4 is 0 Å². The molecule has 2 aromatic carbocycles. The Hall–Kier alpha value is -2.45. The Morgan fingerprint density at radius 2 is 1.68 bits per heavy atom. The standard InChI is InChI=1S/C23H26N2.H2/c1-19(17-21-7-3-2-4-8-21)25-16-5-9-20-11-13-22(14-12-20)23-10-6-15-24-18-23;/h2-4,6-8,10-15,18-19,25H,5,9,16-17H2,1H3;1H. The Labute approximate surface area is 152 Å². The van der Waals surface area contributed by atoms with Crippen LogP contribution >= 0.6 is 0 Å². The van der Waals surface area contributed by atoms with Crippen molar-refractivity contribution < 1.29 is 1.43 Å². The van der Waals surface area contributed by atoms with Crippen LogP contribution in [0.1, 0.15) is 25.9 Å². The molecule has 2 nitrogen and oxygen atoms in total. The summed E-state index contributed by atoms with van der Waals surface area (Å²) in [6, 6.07) is 24.1. The van der Waals surface area contributed by atoms with Crippen molar-refractivity contribution in [2.75, 3.05) is 6.54 Å². The first-order chi connectivity index (χ1) is 12.3. The van der Waals surface area contributed by atoms with E-state index in [1.165, 1.54) is 22.3 Å². The van der Waals surface area contributed by atoms with E-state index in [0.717, 1.165) is 25.8 Å². The molecule has 3 rings (SSSR count). The second-order valence-corrected chi connectivity index (χ2v) is 6.59. The summed E-state index contributed by atoms with van der Waals surface area (Å²) >= 11 is 0. The van der Waals surface area contributed by atoms with Gasteiger partial charge in [-0.15, -0.1) is 0 Å². The molecule has 0 aliphatic rings. The van der Waals surface area contributed by atoms with Gasteiger partial charge in [0.05, 0.1) is 0 Å². The summed E-state index contributed by atoms with van der Waals surface area (Å²) in [5.74, 6) is 0. The molecule has 1 N–H and O–H groups in total. The van der Waals surface area contributed by atoms with Crippen LogP contribution in [0.25, 0.3) is 11.1 Å². The lowest BCUT2D eigenvalue weighted by molar-refractivity contribution is 0.534. The number of nitrogens with zero attached hydrogens (tertiary/aromatic N) is 1. The zero-order valence-electron chi connectivity index (χ0n) is 14.9. The number of hydrogen-bond donors (Lipinski definition) is 1. The lowest BCUT2D eigenvalue weighted by Crippen LogP contribution is -2.29. The lowest BCUT2D eigenvalue weighted by atomic mass is 10.0. The van der Waals surface area contributed by atoms with E-state index in [0.29, 0.717) is 6.04 Å². The van der Waals surface area contributed by atoms with Gasteiger partial charge < -0.3 is 5.32 Å². The molecule has 2 heteroatoms. The number of rotatable bonds is 8. The minimum atomic E-state index is 0. The van der Waals surface area contributed by atoms with Crippen LogP contribution in [0.5, 0.6) is 0 Å². The van der Waals surface area contributed by atoms with Crippen LogP contribution in [0.15, 0.2) is 79.1 Å². The van der Waals surface area contributed by atoms with Gasteiger partial charge in [-0.3, -0.25) is 4.98 Å². The second-order valence-electron chi connectivity index (χ2n) is 6.59. The molecule has 1 aromatic heterocycles. The maximum Gasteiger partial charge on any atom is 0.0346 e. The van der Waals surface area contributed by atoms with Gasteiger partial charge in [-0.1, -0.05) is 60.7 Å². The molecule has 1 unspecified atom stereocenters. The van der Waals surface area contributed by atoms with Gasteiger partial charge in [0, 0.05) is 19.9 Å². The van der Waals surface area contributed by atoms with E-state index in [1.54, 1.807) is 0 Å². The van der Waals surface area contributed by atoms with Crippen LogP contribution in [0.2, 0.25) is 0 Å². The maximum absolute atomic E-state index is 4.18. The summed E-state index contributed by atoms with van der Waals surface area (Å²) in [5.41, 5.74) is 5.19. The largest absolute Gasteiger partial charge is 0.314 e. The fourth-order valence-electron chi connectivity index (χ4n) is 3.08. The third-order valence-corrected chi connectivity index (χ3v) is 4.47. The first-order valence-corrected chi connectivity index (χ1v) is 9.08. The quantitative estimate of drug-likeness (QED) is 0.577. The van der Waals surface area contributed by atoms with Crippen molar-refractivity contribution in [1.29, 1.82) is 0 Å². The lowest BCUT2D eigenvalue weighted by Gasteiger charge is -2.14. The normalized spacial score (nSPS) is 12.0. The average Bonchev–Trinajstić information content (AvgIpc) is 2.67. The minimum absolute atomic E-state index is 0. The van der Waals surface area contributed by atoms with Gasteiger partial charge in [0.25, 0.3) is 0 Å². The van der Waals surface area contributed by atoms with Gasteiger partial charge >= 0.3 is 0 Å². The van der Waals surface area contributed by atoms with Gasteiger partial charge in [0.1, 0.15) is 0 Å². The third kappa shape index (κ3) is 5.54. The summed E-state index contributed by atoms with van der Waals surface area (Å²) in [6.45, 7) is 3.31. The van der Waals surface area contributed by atoms with E-state index in [-0.39, 0.29) is 1.43 Å². The summed E-state index contributed by atoms with van der Waals surface area (Å²) in [6.07, 6.45) is 7.07. The molecular formula is C23H28N2. The van der Waals surface area contributed by atoms with Gasteiger partial charge in [0.15, 0.2) is 0 Å². The number of hydrogen-bond acceptors (Lipinski definition) is 2. The fourth-order valence-corrected chi connectivity index (χ4v) is 3.08. The monoisotopic (exact) mass is 332 g/mol. The molecule has 0 spiro atoms. The van der Waals surface area contributed by atoms with Crippen molar-refractivity contribution in [3.05, 3.63) is 90.3 Å². The van der Waals surface area contributed by atoms with Crippen LogP contribution in [0.4, 0.5) is 0 Å². The fraction of sp³-hybridized carbons (Fsp3) is 0.261. The molecule has 0 amide bonds. The zero-order valence-corrected chi connectivity index (χ0v) is 14.9. The van der Waals surface area contributed by atoms with Crippen molar-refractivity contribution in [2.45, 2.75) is 32.2 Å². The van der Waals surface area contributed by atoms with Gasteiger partial charge in [-0.2, -0.15) is 0 Å². The van der Waals surface area contributed by atoms with Crippen LogP contribution in [0, 0.1) is 0 Å². The second kappa shape index (κ2) is 9.14. The number of pyridine rings is 1. The van der Waals surface area contributed by atoms with Gasteiger partial charge in [0.2, 0.25) is 0 Å². The predicted molar refractivity (Wildman–Crippen MR) is 108 cm³/mol. The van der Waals surface area contributed by atoms with Gasteiger partial charge in [-0.05, 0) is 61.1 Å². The smallest absolute Gasteiger partial charge is 0.0346 e. The van der Waals surface area contributed by atoms with Crippen molar-refractivity contribution in [3.8, 4) is 11.1 Å². The van der Waals surface area contributed by atoms with E-state index < -0.39 is 0 Å². The molecule has 0 saturated carbocycles. The number of benzene rings is 2. The molecule has 1 heterocycles. The van der Waals surface area contributed by atoms with E-state index in [2.05, 4.69) is 77.9 Å². The van der Waals surface area contributed by atoms with Crippen LogP contribution in [-0.2, 0) is 12.8 Å². The molecule has 0 radical (unpaired) electrons. The molecule has 0 bridgehead atoms. The topological polar surface area (TPSA) is 24.9 Å². The maximum atomic E-state index is 4.18. The number of aromatic nitrogens is 1. The summed E-state index contributed by atoms with van der Waals surface area (Å²) in [5, 5.41) is 3.63. The number of aryl methyl sites for hydroxylation is 1. The summed E-state index contributed by atoms with van der Waals surface area (Å²) in [4.78, 5) is 4.18. The van der Waals surface area contributed by atoms with Crippen LogP contribution in [0.3, 0.4) is 0 Å². The molecule has 0 fully saturated rings. The number of nitrogens with one attached hydrogen (secondary N) is 1. The SMILES string of the molecule is CC(Cc1ccccc1)NCCCc1ccc(-c2cccnc2)cc1.[HH]. The molecule has 3 aromatic rings. The van der Waals surface area contributed by atoms with Crippen molar-refractivity contribution in [1.82, 2.24) is 10.3 Å². The Morgan fingerprint density at radius 1 is 0.880 bits per heavy atom. The van der Waals surface area contributed by atoms with Crippen molar-refractivity contribution in [3.63, 3.8) is 0 Å². The molecule has 0 saturated heterocycles. The zero-order chi connectivity index (χ0) is 17.3. The average molecular weight is 332 g/mol. The predicted octanol–water partition coefficient (Wildman–Crippen LogP) is 5.15. The molecule has 1 atom stereocenters. The molecular weight excluding hydrogens is 304 g/mol. The highest BCUT2D eigenvalue weighted by molar-refractivity contribution is 5.62. The van der Waals surface area contributed by atoms with Crippen molar-refractivity contribution in [2.24, 2.45) is 0 Å². The molecule has 25 heavy (non-hydrogen) atoms. The highest BCUT2D eigenvalue weighted by atomic mass is 14.9.